The summed E-state index contributed by atoms with van der Waals surface area (Å²) in [6.07, 6.45) is 3.31. The van der Waals surface area contributed by atoms with Crippen molar-refractivity contribution < 1.29 is 4.79 Å². The standard InChI is InChI=1S/C15H21N3O2S/c1-5-7-18-8-16-14-11(15(18)20)10(4)12(21-14)13(19)17-9(3)6-2/h8-9H,5-7H2,1-4H3,(H,17,19). The van der Waals surface area contributed by atoms with Gasteiger partial charge in [0.2, 0.25) is 0 Å². The maximum atomic E-state index is 12.5. The molecule has 2 heterocycles. The first-order valence-corrected chi connectivity index (χ1v) is 8.10. The van der Waals surface area contributed by atoms with Crippen LogP contribution in [0.15, 0.2) is 11.1 Å². The van der Waals surface area contributed by atoms with Gasteiger partial charge in [0.25, 0.3) is 11.5 Å². The first-order chi connectivity index (χ1) is 9.99. The Morgan fingerprint density at radius 1 is 1.48 bits per heavy atom. The summed E-state index contributed by atoms with van der Waals surface area (Å²) in [5.41, 5.74) is 0.678. The molecular formula is C15H21N3O2S. The molecule has 2 aromatic rings. The highest BCUT2D eigenvalue weighted by molar-refractivity contribution is 7.20. The van der Waals surface area contributed by atoms with Crippen molar-refractivity contribution in [1.82, 2.24) is 14.9 Å². The fourth-order valence-electron chi connectivity index (χ4n) is 2.17. The van der Waals surface area contributed by atoms with E-state index in [0.29, 0.717) is 21.6 Å². The van der Waals surface area contributed by atoms with E-state index in [1.165, 1.54) is 11.3 Å². The van der Waals surface area contributed by atoms with E-state index in [-0.39, 0.29) is 17.5 Å². The molecule has 114 valence electrons. The topological polar surface area (TPSA) is 64.0 Å². The summed E-state index contributed by atoms with van der Waals surface area (Å²) in [5.74, 6) is -0.119. The summed E-state index contributed by atoms with van der Waals surface area (Å²) >= 11 is 1.29. The maximum Gasteiger partial charge on any atom is 0.262 e. The van der Waals surface area contributed by atoms with Gasteiger partial charge < -0.3 is 5.32 Å². The van der Waals surface area contributed by atoms with Gasteiger partial charge >= 0.3 is 0 Å². The number of nitrogens with zero attached hydrogens (tertiary/aromatic N) is 2. The molecule has 1 unspecified atom stereocenters. The minimum atomic E-state index is -0.119. The zero-order chi connectivity index (χ0) is 15.6. The fraction of sp³-hybridized carbons (Fsp3) is 0.533. The normalized spacial score (nSPS) is 12.6. The predicted molar refractivity (Wildman–Crippen MR) is 86.1 cm³/mol. The smallest absolute Gasteiger partial charge is 0.262 e. The highest BCUT2D eigenvalue weighted by Gasteiger charge is 2.20. The van der Waals surface area contributed by atoms with Gasteiger partial charge in [-0.25, -0.2) is 4.98 Å². The summed E-state index contributed by atoms with van der Waals surface area (Å²) in [4.78, 5) is 30.3. The Bertz CT molecular complexity index is 718. The average molecular weight is 307 g/mol. The molecule has 0 aliphatic carbocycles. The predicted octanol–water partition coefficient (Wildman–Crippen LogP) is 2.70. The molecule has 0 spiro atoms. The van der Waals surface area contributed by atoms with Crippen molar-refractivity contribution in [2.24, 2.45) is 0 Å². The molecule has 0 fully saturated rings. The summed E-state index contributed by atoms with van der Waals surface area (Å²) in [6.45, 7) is 8.47. The summed E-state index contributed by atoms with van der Waals surface area (Å²) in [6, 6.07) is 0.117. The lowest BCUT2D eigenvalue weighted by Crippen LogP contribution is -2.31. The summed E-state index contributed by atoms with van der Waals surface area (Å²) < 4.78 is 1.61. The third-order valence-corrected chi connectivity index (χ3v) is 4.78. The van der Waals surface area contributed by atoms with Crippen molar-refractivity contribution in [1.29, 1.82) is 0 Å². The number of amides is 1. The van der Waals surface area contributed by atoms with Crippen LogP contribution >= 0.6 is 11.3 Å². The van der Waals surface area contributed by atoms with E-state index in [1.807, 2.05) is 27.7 Å². The number of hydrogen-bond acceptors (Lipinski definition) is 4. The molecule has 0 bridgehead atoms. The number of aromatic nitrogens is 2. The van der Waals surface area contributed by atoms with Crippen LogP contribution in [0, 0.1) is 6.92 Å². The van der Waals surface area contributed by atoms with Crippen molar-refractivity contribution in [3.63, 3.8) is 0 Å². The molecule has 1 N–H and O–H groups in total. The van der Waals surface area contributed by atoms with E-state index in [2.05, 4.69) is 10.3 Å². The molecule has 2 aromatic heterocycles. The van der Waals surface area contributed by atoms with Gasteiger partial charge in [0.1, 0.15) is 4.83 Å². The van der Waals surface area contributed by atoms with Crippen molar-refractivity contribution in [3.8, 4) is 0 Å². The van der Waals surface area contributed by atoms with Crippen LogP contribution in [0.4, 0.5) is 0 Å². The lowest BCUT2D eigenvalue weighted by Gasteiger charge is -2.10. The van der Waals surface area contributed by atoms with E-state index in [0.717, 1.165) is 18.4 Å². The molecule has 1 amide bonds. The Balaban J connectivity index is 2.49. The molecule has 0 saturated heterocycles. The van der Waals surface area contributed by atoms with Gasteiger partial charge in [-0.1, -0.05) is 13.8 Å². The molecular weight excluding hydrogens is 286 g/mol. The monoisotopic (exact) mass is 307 g/mol. The summed E-state index contributed by atoms with van der Waals surface area (Å²) in [5, 5.41) is 3.52. The van der Waals surface area contributed by atoms with E-state index in [9.17, 15) is 9.59 Å². The van der Waals surface area contributed by atoms with Gasteiger partial charge in [0.15, 0.2) is 0 Å². The van der Waals surface area contributed by atoms with E-state index < -0.39 is 0 Å². The lowest BCUT2D eigenvalue weighted by molar-refractivity contribution is 0.0943. The third kappa shape index (κ3) is 3.00. The van der Waals surface area contributed by atoms with E-state index in [1.54, 1.807) is 10.9 Å². The molecule has 0 aliphatic heterocycles. The van der Waals surface area contributed by atoms with E-state index in [4.69, 9.17) is 0 Å². The first kappa shape index (κ1) is 15.7. The molecule has 0 saturated carbocycles. The molecule has 21 heavy (non-hydrogen) atoms. The van der Waals surface area contributed by atoms with Crippen LogP contribution < -0.4 is 10.9 Å². The van der Waals surface area contributed by atoms with E-state index >= 15 is 0 Å². The lowest BCUT2D eigenvalue weighted by atomic mass is 10.2. The molecule has 0 radical (unpaired) electrons. The quantitative estimate of drug-likeness (QED) is 0.923. The molecule has 5 nitrogen and oxygen atoms in total. The van der Waals surface area contributed by atoms with Crippen LogP contribution in [-0.2, 0) is 6.54 Å². The van der Waals surface area contributed by atoms with Crippen LogP contribution in [0.2, 0.25) is 0 Å². The highest BCUT2D eigenvalue weighted by Crippen LogP contribution is 2.26. The number of hydrogen-bond donors (Lipinski definition) is 1. The zero-order valence-corrected chi connectivity index (χ0v) is 13.7. The third-order valence-electron chi connectivity index (χ3n) is 3.58. The average Bonchev–Trinajstić information content (AvgIpc) is 2.80. The molecule has 0 aliphatic rings. The second-order valence-corrected chi connectivity index (χ2v) is 6.26. The second-order valence-electron chi connectivity index (χ2n) is 5.26. The van der Waals surface area contributed by atoms with Gasteiger partial charge in [-0.2, -0.15) is 0 Å². The van der Waals surface area contributed by atoms with Gasteiger partial charge in [-0.3, -0.25) is 14.2 Å². The number of fused-ring (bicyclic) bond motifs is 1. The molecule has 2 rings (SSSR count). The SMILES string of the molecule is CCCn1cnc2sc(C(=O)NC(C)CC)c(C)c2c1=O. The van der Waals surface area contributed by atoms with Gasteiger partial charge in [-0.05, 0) is 32.3 Å². The minimum Gasteiger partial charge on any atom is -0.349 e. The van der Waals surface area contributed by atoms with Crippen molar-refractivity contribution in [3.05, 3.63) is 27.1 Å². The summed E-state index contributed by atoms with van der Waals surface area (Å²) in [7, 11) is 0. The molecule has 6 heteroatoms. The minimum absolute atomic E-state index is 0.0572. The Morgan fingerprint density at radius 2 is 2.19 bits per heavy atom. The first-order valence-electron chi connectivity index (χ1n) is 7.28. The molecule has 1 atom stereocenters. The Hall–Kier alpha value is -1.69. The highest BCUT2D eigenvalue weighted by atomic mass is 32.1. The van der Waals surface area contributed by atoms with Crippen molar-refractivity contribution >= 4 is 27.5 Å². The zero-order valence-electron chi connectivity index (χ0n) is 12.9. The van der Waals surface area contributed by atoms with Crippen LogP contribution in [0.25, 0.3) is 10.2 Å². The van der Waals surface area contributed by atoms with Crippen molar-refractivity contribution in [2.75, 3.05) is 0 Å². The maximum absolute atomic E-state index is 12.5. The van der Waals surface area contributed by atoms with Crippen molar-refractivity contribution in [2.45, 2.75) is 53.1 Å². The number of carbonyl (C=O) groups is 1. The van der Waals surface area contributed by atoms with Crippen LogP contribution in [-0.4, -0.2) is 21.5 Å². The number of carbonyl (C=O) groups excluding carboxylic acids is 1. The largest absolute Gasteiger partial charge is 0.349 e. The Morgan fingerprint density at radius 3 is 2.81 bits per heavy atom. The van der Waals surface area contributed by atoms with Gasteiger partial charge in [0, 0.05) is 12.6 Å². The van der Waals surface area contributed by atoms with Gasteiger partial charge in [-0.15, -0.1) is 11.3 Å². The number of aryl methyl sites for hydroxylation is 2. The molecule has 0 aromatic carbocycles. The Kier molecular flexibility index (Phi) is 4.77. The number of thiophene rings is 1. The number of nitrogens with one attached hydrogen (secondary N) is 1. The second kappa shape index (κ2) is 6.39. The van der Waals surface area contributed by atoms with Crippen LogP contribution in [0.5, 0.6) is 0 Å². The number of rotatable bonds is 5. The van der Waals surface area contributed by atoms with Gasteiger partial charge in [0.05, 0.1) is 16.6 Å². The van der Waals surface area contributed by atoms with Crippen LogP contribution in [0.3, 0.4) is 0 Å². The fourth-order valence-corrected chi connectivity index (χ4v) is 3.21. The Labute approximate surface area is 128 Å². The van der Waals surface area contributed by atoms with Crippen LogP contribution in [0.1, 0.15) is 48.8 Å².